The largest absolute Gasteiger partial charge is 0.342 e. The molecule has 5 rings (SSSR count). The lowest BCUT2D eigenvalue weighted by Crippen LogP contribution is -2.42. The van der Waals surface area contributed by atoms with E-state index in [1.165, 1.54) is 12.1 Å². The Bertz CT molecular complexity index is 1110. The van der Waals surface area contributed by atoms with E-state index in [0.29, 0.717) is 36.9 Å². The summed E-state index contributed by atoms with van der Waals surface area (Å²) in [6.45, 7) is 1.61. The third-order valence-electron chi connectivity index (χ3n) is 6.24. The molecule has 2 amide bonds. The van der Waals surface area contributed by atoms with Crippen LogP contribution in [-0.2, 0) is 9.59 Å². The van der Waals surface area contributed by atoms with Gasteiger partial charge in [0, 0.05) is 43.2 Å². The molecular weight excluding hydrogens is 411 g/mol. The number of likely N-dealkylation sites (tertiary alicyclic amines) is 1. The zero-order valence-electron chi connectivity index (χ0n) is 17.5. The molecule has 2 aromatic carbocycles. The van der Waals surface area contributed by atoms with E-state index in [9.17, 15) is 14.0 Å². The minimum Gasteiger partial charge on any atom is -0.342 e. The van der Waals surface area contributed by atoms with Crippen LogP contribution in [0.4, 0.5) is 10.1 Å². The van der Waals surface area contributed by atoms with Gasteiger partial charge in [-0.2, -0.15) is 4.98 Å². The van der Waals surface area contributed by atoms with E-state index in [1.54, 1.807) is 17.0 Å². The Kier molecular flexibility index (Phi) is 5.43. The molecule has 0 N–H and O–H groups in total. The SMILES string of the molecule is O=C(C1CC(=O)N(c2ccccc2)C1)N1CCC(c2nc(-c3ccc(F)cc3)no2)CC1. The van der Waals surface area contributed by atoms with E-state index in [2.05, 4.69) is 10.1 Å². The van der Waals surface area contributed by atoms with Crippen LogP contribution in [0.1, 0.15) is 31.1 Å². The third-order valence-corrected chi connectivity index (χ3v) is 6.24. The summed E-state index contributed by atoms with van der Waals surface area (Å²) in [4.78, 5) is 33.5. The van der Waals surface area contributed by atoms with Gasteiger partial charge in [-0.05, 0) is 49.2 Å². The molecule has 0 aliphatic carbocycles. The Hall–Kier alpha value is -3.55. The first-order valence-corrected chi connectivity index (χ1v) is 10.8. The van der Waals surface area contributed by atoms with Crippen molar-refractivity contribution >= 4 is 17.5 Å². The monoisotopic (exact) mass is 434 g/mol. The Balaban J connectivity index is 1.19. The van der Waals surface area contributed by atoms with Crippen LogP contribution in [0.5, 0.6) is 0 Å². The Morgan fingerprint density at radius 1 is 1.03 bits per heavy atom. The molecule has 2 aliphatic heterocycles. The predicted octanol–water partition coefficient (Wildman–Crippen LogP) is 3.63. The van der Waals surface area contributed by atoms with Crippen LogP contribution in [-0.4, -0.2) is 46.5 Å². The zero-order chi connectivity index (χ0) is 22.1. The summed E-state index contributed by atoms with van der Waals surface area (Å²) in [5.74, 6) is 0.452. The summed E-state index contributed by atoms with van der Waals surface area (Å²) < 4.78 is 18.6. The number of para-hydroxylation sites is 1. The van der Waals surface area contributed by atoms with Crippen molar-refractivity contribution in [3.05, 3.63) is 66.3 Å². The number of benzene rings is 2. The molecule has 2 aliphatic rings. The molecule has 1 atom stereocenters. The first kappa shape index (κ1) is 20.4. The second-order valence-corrected chi connectivity index (χ2v) is 8.30. The van der Waals surface area contributed by atoms with Gasteiger partial charge in [0.25, 0.3) is 0 Å². The number of amides is 2. The number of carbonyl (C=O) groups excluding carboxylic acids is 2. The minimum atomic E-state index is -0.314. The maximum Gasteiger partial charge on any atom is 0.230 e. The summed E-state index contributed by atoms with van der Waals surface area (Å²) >= 11 is 0. The third kappa shape index (κ3) is 4.00. The number of rotatable bonds is 4. The van der Waals surface area contributed by atoms with Crippen molar-refractivity contribution in [1.82, 2.24) is 15.0 Å². The quantitative estimate of drug-likeness (QED) is 0.627. The van der Waals surface area contributed by atoms with E-state index < -0.39 is 0 Å². The number of carbonyl (C=O) groups is 2. The lowest BCUT2D eigenvalue weighted by Gasteiger charge is -2.32. The summed E-state index contributed by atoms with van der Waals surface area (Å²) in [5.41, 5.74) is 1.53. The van der Waals surface area contributed by atoms with Crippen molar-refractivity contribution in [2.24, 2.45) is 5.92 Å². The lowest BCUT2D eigenvalue weighted by molar-refractivity contribution is -0.136. The van der Waals surface area contributed by atoms with E-state index in [1.807, 2.05) is 35.2 Å². The highest BCUT2D eigenvalue weighted by Gasteiger charge is 2.38. The van der Waals surface area contributed by atoms with Gasteiger partial charge < -0.3 is 14.3 Å². The Morgan fingerprint density at radius 3 is 2.47 bits per heavy atom. The first-order chi connectivity index (χ1) is 15.6. The number of hydrogen-bond acceptors (Lipinski definition) is 5. The average molecular weight is 434 g/mol. The van der Waals surface area contributed by atoms with Crippen LogP contribution in [0.2, 0.25) is 0 Å². The molecule has 3 aromatic rings. The predicted molar refractivity (Wildman–Crippen MR) is 115 cm³/mol. The highest BCUT2D eigenvalue weighted by Crippen LogP contribution is 2.31. The average Bonchev–Trinajstić information content (AvgIpc) is 3.47. The maximum absolute atomic E-state index is 13.1. The minimum absolute atomic E-state index is 0.0105. The molecule has 7 nitrogen and oxygen atoms in total. The number of piperidine rings is 1. The second kappa shape index (κ2) is 8.53. The summed E-state index contributed by atoms with van der Waals surface area (Å²) in [6.07, 6.45) is 1.69. The van der Waals surface area contributed by atoms with Crippen molar-refractivity contribution in [1.29, 1.82) is 0 Å². The highest BCUT2D eigenvalue weighted by molar-refractivity contribution is 6.00. The smallest absolute Gasteiger partial charge is 0.230 e. The number of aromatic nitrogens is 2. The number of nitrogens with zero attached hydrogens (tertiary/aromatic N) is 4. The summed E-state index contributed by atoms with van der Waals surface area (Å²) in [7, 11) is 0. The summed E-state index contributed by atoms with van der Waals surface area (Å²) in [6, 6.07) is 15.4. The van der Waals surface area contributed by atoms with Crippen LogP contribution in [0.15, 0.2) is 59.1 Å². The molecule has 8 heteroatoms. The molecular formula is C24H23FN4O3. The fourth-order valence-electron chi connectivity index (χ4n) is 4.45. The molecule has 1 aromatic heterocycles. The fourth-order valence-corrected chi connectivity index (χ4v) is 4.45. The molecule has 2 fully saturated rings. The molecule has 0 saturated carbocycles. The van der Waals surface area contributed by atoms with Crippen LogP contribution in [0, 0.1) is 11.7 Å². The molecule has 0 spiro atoms. The molecule has 3 heterocycles. The van der Waals surface area contributed by atoms with Crippen molar-refractivity contribution in [2.45, 2.75) is 25.2 Å². The van der Waals surface area contributed by atoms with Crippen molar-refractivity contribution < 1.29 is 18.5 Å². The van der Waals surface area contributed by atoms with Gasteiger partial charge in [0.2, 0.25) is 23.5 Å². The lowest BCUT2D eigenvalue weighted by atomic mass is 9.95. The zero-order valence-corrected chi connectivity index (χ0v) is 17.5. The number of halogens is 1. The fraction of sp³-hybridized carbons (Fsp3) is 0.333. The van der Waals surface area contributed by atoms with Crippen LogP contribution >= 0.6 is 0 Å². The topological polar surface area (TPSA) is 79.5 Å². The van der Waals surface area contributed by atoms with Gasteiger partial charge in [0.1, 0.15) is 5.82 Å². The van der Waals surface area contributed by atoms with E-state index in [-0.39, 0.29) is 35.9 Å². The van der Waals surface area contributed by atoms with Crippen molar-refractivity contribution in [2.75, 3.05) is 24.5 Å². The maximum atomic E-state index is 13.1. The van der Waals surface area contributed by atoms with Gasteiger partial charge in [0.15, 0.2) is 0 Å². The van der Waals surface area contributed by atoms with Crippen molar-refractivity contribution in [3.8, 4) is 11.4 Å². The van der Waals surface area contributed by atoms with Crippen LogP contribution in [0.25, 0.3) is 11.4 Å². The van der Waals surface area contributed by atoms with Gasteiger partial charge in [-0.25, -0.2) is 4.39 Å². The number of anilines is 1. The van der Waals surface area contributed by atoms with E-state index in [0.717, 1.165) is 18.5 Å². The molecule has 1 unspecified atom stereocenters. The van der Waals surface area contributed by atoms with Gasteiger partial charge >= 0.3 is 0 Å². The van der Waals surface area contributed by atoms with Gasteiger partial charge in [0.05, 0.1) is 5.92 Å². The number of hydrogen-bond donors (Lipinski definition) is 0. The summed E-state index contributed by atoms with van der Waals surface area (Å²) in [5, 5.41) is 4.02. The molecule has 32 heavy (non-hydrogen) atoms. The van der Waals surface area contributed by atoms with E-state index >= 15 is 0 Å². The van der Waals surface area contributed by atoms with E-state index in [4.69, 9.17) is 4.52 Å². The van der Waals surface area contributed by atoms with Crippen LogP contribution < -0.4 is 4.90 Å². The Morgan fingerprint density at radius 2 is 1.75 bits per heavy atom. The molecule has 2 saturated heterocycles. The second-order valence-electron chi connectivity index (χ2n) is 8.30. The standard InChI is InChI=1S/C24H23FN4O3/c25-19-8-6-16(7-9-19)22-26-23(32-27-22)17-10-12-28(13-11-17)24(31)18-14-21(30)29(15-18)20-4-2-1-3-5-20/h1-9,17-18H,10-15H2. The molecule has 0 radical (unpaired) electrons. The molecule has 0 bridgehead atoms. The van der Waals surface area contributed by atoms with Gasteiger partial charge in [-0.3, -0.25) is 9.59 Å². The first-order valence-electron chi connectivity index (χ1n) is 10.8. The van der Waals surface area contributed by atoms with Crippen LogP contribution in [0.3, 0.4) is 0 Å². The van der Waals surface area contributed by atoms with Gasteiger partial charge in [-0.1, -0.05) is 23.4 Å². The highest BCUT2D eigenvalue weighted by atomic mass is 19.1. The Labute approximate surface area is 184 Å². The molecule has 164 valence electrons. The normalized spacial score (nSPS) is 19.5. The van der Waals surface area contributed by atoms with Gasteiger partial charge in [-0.15, -0.1) is 0 Å². The van der Waals surface area contributed by atoms with Crippen molar-refractivity contribution in [3.63, 3.8) is 0 Å².